The van der Waals surface area contributed by atoms with Gasteiger partial charge in [-0.2, -0.15) is 0 Å². The summed E-state index contributed by atoms with van der Waals surface area (Å²) in [7, 11) is 0. The van der Waals surface area contributed by atoms with E-state index in [0.29, 0.717) is 17.4 Å². The average molecular weight is 384 g/mol. The Hall–Kier alpha value is -2.14. The Balaban J connectivity index is 1.31. The monoisotopic (exact) mass is 384 g/mol. The second kappa shape index (κ2) is 8.91. The number of piperidine rings is 1. The van der Waals surface area contributed by atoms with Gasteiger partial charge in [0.05, 0.1) is 0 Å². The lowest BCUT2D eigenvalue weighted by atomic mass is 9.96. The molecule has 4 rings (SSSR count). The molecule has 150 valence electrons. The van der Waals surface area contributed by atoms with Crippen molar-refractivity contribution in [3.05, 3.63) is 48.0 Å². The summed E-state index contributed by atoms with van der Waals surface area (Å²) in [6.45, 7) is 5.24. The fourth-order valence-electron chi connectivity index (χ4n) is 4.38. The van der Waals surface area contributed by atoms with Gasteiger partial charge in [0, 0.05) is 25.2 Å². The van der Waals surface area contributed by atoms with Crippen molar-refractivity contribution in [2.45, 2.75) is 38.5 Å². The molecule has 2 aliphatic rings. The molecule has 2 saturated heterocycles. The van der Waals surface area contributed by atoms with E-state index in [4.69, 9.17) is 4.42 Å². The van der Waals surface area contributed by atoms with Gasteiger partial charge in [-0.3, -0.25) is 4.79 Å². The average Bonchev–Trinajstić information content (AvgIpc) is 3.07. The van der Waals surface area contributed by atoms with E-state index in [2.05, 4.69) is 4.90 Å². The normalized spacial score (nSPS) is 19.5. The van der Waals surface area contributed by atoms with Crippen LogP contribution in [-0.4, -0.2) is 48.4 Å². The highest BCUT2D eigenvalue weighted by atomic mass is 19.1. The molecule has 0 saturated carbocycles. The van der Waals surface area contributed by atoms with E-state index in [1.54, 1.807) is 24.3 Å². The largest absolute Gasteiger partial charge is 0.451 e. The maximum Gasteiger partial charge on any atom is 0.289 e. The quantitative estimate of drug-likeness (QED) is 0.759. The van der Waals surface area contributed by atoms with Crippen molar-refractivity contribution >= 4 is 5.91 Å². The fourth-order valence-corrected chi connectivity index (χ4v) is 4.38. The van der Waals surface area contributed by atoms with Gasteiger partial charge in [0.2, 0.25) is 0 Å². The number of rotatable bonds is 4. The van der Waals surface area contributed by atoms with Crippen LogP contribution in [0.25, 0.3) is 11.3 Å². The Kier molecular flexibility index (Phi) is 6.10. The smallest absolute Gasteiger partial charge is 0.289 e. The molecule has 5 heteroatoms. The molecule has 2 aromatic rings. The lowest BCUT2D eigenvalue weighted by Gasteiger charge is -2.34. The van der Waals surface area contributed by atoms with Crippen molar-refractivity contribution in [3.8, 4) is 11.3 Å². The Bertz CT molecular complexity index is 770. The van der Waals surface area contributed by atoms with Crippen LogP contribution in [0.3, 0.4) is 0 Å². The maximum atomic E-state index is 13.1. The topological polar surface area (TPSA) is 36.7 Å². The van der Waals surface area contributed by atoms with Crippen molar-refractivity contribution in [2.75, 3.05) is 32.7 Å². The van der Waals surface area contributed by atoms with Crippen molar-refractivity contribution in [1.82, 2.24) is 9.80 Å². The van der Waals surface area contributed by atoms with Crippen molar-refractivity contribution in [2.24, 2.45) is 5.92 Å². The van der Waals surface area contributed by atoms with Crippen molar-refractivity contribution in [1.29, 1.82) is 0 Å². The first-order valence-electron chi connectivity index (χ1n) is 10.6. The Labute approximate surface area is 166 Å². The molecule has 0 radical (unpaired) electrons. The number of amides is 1. The summed E-state index contributed by atoms with van der Waals surface area (Å²) in [5, 5.41) is 0. The van der Waals surface area contributed by atoms with Crippen LogP contribution >= 0.6 is 0 Å². The number of furan rings is 1. The third kappa shape index (κ3) is 4.64. The summed E-state index contributed by atoms with van der Waals surface area (Å²) >= 11 is 0. The van der Waals surface area contributed by atoms with Crippen molar-refractivity contribution in [3.63, 3.8) is 0 Å². The fraction of sp³-hybridized carbons (Fsp3) is 0.522. The highest BCUT2D eigenvalue weighted by Crippen LogP contribution is 2.25. The zero-order valence-electron chi connectivity index (χ0n) is 16.4. The Morgan fingerprint density at radius 2 is 1.61 bits per heavy atom. The molecule has 1 amide bonds. The number of nitrogens with zero attached hydrogens (tertiary/aromatic N) is 2. The molecule has 3 heterocycles. The van der Waals surface area contributed by atoms with E-state index in [1.807, 2.05) is 4.90 Å². The molecule has 1 aromatic carbocycles. The third-order valence-electron chi connectivity index (χ3n) is 6.06. The number of benzene rings is 1. The number of hydrogen-bond acceptors (Lipinski definition) is 3. The molecule has 28 heavy (non-hydrogen) atoms. The predicted octanol–water partition coefficient (Wildman–Crippen LogP) is 4.81. The van der Waals surface area contributed by atoms with Crippen LogP contribution in [0.1, 0.15) is 49.1 Å². The standard InChI is InChI=1S/C23H29FN2O2/c24-20-7-5-19(6-8-20)21-9-10-22(28-21)23(27)26-15-11-18(12-16-26)17-25-13-3-1-2-4-14-25/h5-10,18H,1-4,11-17H2. The summed E-state index contributed by atoms with van der Waals surface area (Å²) in [6, 6.07) is 9.63. The minimum atomic E-state index is -0.283. The molecule has 0 N–H and O–H groups in total. The minimum absolute atomic E-state index is 0.0402. The zero-order valence-corrected chi connectivity index (χ0v) is 16.4. The molecule has 0 unspecified atom stereocenters. The predicted molar refractivity (Wildman–Crippen MR) is 108 cm³/mol. The van der Waals surface area contributed by atoms with Crippen LogP contribution in [0.15, 0.2) is 40.8 Å². The SMILES string of the molecule is O=C(c1ccc(-c2ccc(F)cc2)o1)N1CCC(CN2CCCCCC2)CC1. The summed E-state index contributed by atoms with van der Waals surface area (Å²) in [5.41, 5.74) is 0.775. The van der Waals surface area contributed by atoms with Gasteiger partial charge in [0.1, 0.15) is 11.6 Å². The summed E-state index contributed by atoms with van der Waals surface area (Å²) in [5.74, 6) is 1.33. The van der Waals surface area contributed by atoms with Crippen molar-refractivity contribution < 1.29 is 13.6 Å². The second-order valence-electron chi connectivity index (χ2n) is 8.12. The molecule has 0 spiro atoms. The highest BCUT2D eigenvalue weighted by Gasteiger charge is 2.26. The first-order valence-corrected chi connectivity index (χ1v) is 10.6. The number of likely N-dealkylation sites (tertiary alicyclic amines) is 2. The zero-order chi connectivity index (χ0) is 19.3. The molecule has 2 fully saturated rings. The van der Waals surface area contributed by atoms with Gasteiger partial charge in [0.15, 0.2) is 5.76 Å². The summed E-state index contributed by atoms with van der Waals surface area (Å²) in [4.78, 5) is 17.3. The molecular formula is C23H29FN2O2. The van der Waals surface area contributed by atoms with E-state index in [-0.39, 0.29) is 11.7 Å². The number of halogens is 1. The molecule has 0 aliphatic carbocycles. The van der Waals surface area contributed by atoms with Crippen LogP contribution in [0.2, 0.25) is 0 Å². The van der Waals surface area contributed by atoms with E-state index in [0.717, 1.165) is 31.5 Å². The number of carbonyl (C=O) groups excluding carboxylic acids is 1. The van der Waals surface area contributed by atoms with Gasteiger partial charge < -0.3 is 14.2 Å². The van der Waals surface area contributed by atoms with Crippen LogP contribution in [0.5, 0.6) is 0 Å². The maximum absolute atomic E-state index is 13.1. The Morgan fingerprint density at radius 1 is 0.929 bits per heavy atom. The molecule has 0 atom stereocenters. The molecule has 4 nitrogen and oxygen atoms in total. The molecular weight excluding hydrogens is 355 g/mol. The minimum Gasteiger partial charge on any atom is -0.451 e. The van der Waals surface area contributed by atoms with Crippen LogP contribution in [-0.2, 0) is 0 Å². The number of carbonyl (C=O) groups is 1. The van der Waals surface area contributed by atoms with Gasteiger partial charge >= 0.3 is 0 Å². The van der Waals surface area contributed by atoms with Crippen LogP contribution in [0.4, 0.5) is 4.39 Å². The first kappa shape index (κ1) is 19.2. The van der Waals surface area contributed by atoms with Crippen LogP contribution < -0.4 is 0 Å². The van der Waals surface area contributed by atoms with Crippen LogP contribution in [0, 0.1) is 11.7 Å². The molecule has 0 bridgehead atoms. The lowest BCUT2D eigenvalue weighted by molar-refractivity contribution is 0.0637. The second-order valence-corrected chi connectivity index (χ2v) is 8.12. The summed E-state index contributed by atoms with van der Waals surface area (Å²) < 4.78 is 18.8. The van der Waals surface area contributed by atoms with E-state index >= 15 is 0 Å². The lowest BCUT2D eigenvalue weighted by Crippen LogP contribution is -2.41. The third-order valence-corrected chi connectivity index (χ3v) is 6.06. The van der Waals surface area contributed by atoms with Gasteiger partial charge in [0.25, 0.3) is 5.91 Å². The number of hydrogen-bond donors (Lipinski definition) is 0. The van der Waals surface area contributed by atoms with Gasteiger partial charge in [-0.1, -0.05) is 12.8 Å². The molecule has 1 aromatic heterocycles. The van der Waals surface area contributed by atoms with E-state index in [9.17, 15) is 9.18 Å². The highest BCUT2D eigenvalue weighted by molar-refractivity contribution is 5.92. The van der Waals surface area contributed by atoms with E-state index in [1.165, 1.54) is 57.5 Å². The molecule has 2 aliphatic heterocycles. The van der Waals surface area contributed by atoms with Gasteiger partial charge in [-0.05, 0) is 81.1 Å². The first-order chi connectivity index (χ1) is 13.7. The van der Waals surface area contributed by atoms with E-state index < -0.39 is 0 Å². The Morgan fingerprint density at radius 3 is 2.29 bits per heavy atom. The van der Waals surface area contributed by atoms with Gasteiger partial charge in [-0.25, -0.2) is 4.39 Å². The van der Waals surface area contributed by atoms with Gasteiger partial charge in [-0.15, -0.1) is 0 Å². The summed E-state index contributed by atoms with van der Waals surface area (Å²) in [6.07, 6.45) is 7.51.